The van der Waals surface area contributed by atoms with E-state index in [1.807, 2.05) is 0 Å². The van der Waals surface area contributed by atoms with Crippen molar-refractivity contribution in [2.24, 2.45) is 0 Å². The Bertz CT molecular complexity index is 711. The first-order chi connectivity index (χ1) is 9.70. The van der Waals surface area contributed by atoms with Crippen molar-refractivity contribution in [3.8, 4) is 11.1 Å². The van der Waals surface area contributed by atoms with Crippen LogP contribution in [0.5, 0.6) is 0 Å². The molecule has 0 fully saturated rings. The number of aromatic carboxylic acids is 1. The minimum absolute atomic E-state index is 0.0844. The molecular formula is C14H9F4NO2. The highest BCUT2D eigenvalue weighted by Gasteiger charge is 2.31. The highest BCUT2D eigenvalue weighted by molar-refractivity contribution is 5.87. The van der Waals surface area contributed by atoms with Crippen LogP contribution in [0, 0.1) is 12.7 Å². The van der Waals surface area contributed by atoms with Crippen molar-refractivity contribution in [2.45, 2.75) is 13.1 Å². The maximum atomic E-state index is 13.7. The Kier molecular flexibility index (Phi) is 3.67. The smallest absolute Gasteiger partial charge is 0.416 e. The van der Waals surface area contributed by atoms with Crippen LogP contribution in [0.25, 0.3) is 11.1 Å². The van der Waals surface area contributed by atoms with Crippen molar-refractivity contribution < 1.29 is 27.5 Å². The zero-order valence-electron chi connectivity index (χ0n) is 10.7. The molecular weight excluding hydrogens is 290 g/mol. The Labute approximate surface area is 116 Å². The molecule has 21 heavy (non-hydrogen) atoms. The summed E-state index contributed by atoms with van der Waals surface area (Å²) in [4.78, 5) is 14.5. The molecule has 1 heterocycles. The number of rotatable bonds is 2. The maximum absolute atomic E-state index is 13.7. The van der Waals surface area contributed by atoms with Crippen LogP contribution in [0.1, 0.15) is 21.6 Å². The van der Waals surface area contributed by atoms with Gasteiger partial charge in [0.15, 0.2) is 5.69 Å². The van der Waals surface area contributed by atoms with Gasteiger partial charge in [-0.1, -0.05) is 0 Å². The molecule has 0 saturated heterocycles. The summed E-state index contributed by atoms with van der Waals surface area (Å²) in [6.07, 6.45) is -3.55. The monoisotopic (exact) mass is 299 g/mol. The quantitative estimate of drug-likeness (QED) is 0.855. The minimum atomic E-state index is -4.59. The van der Waals surface area contributed by atoms with Gasteiger partial charge in [0.05, 0.1) is 5.56 Å². The topological polar surface area (TPSA) is 50.2 Å². The normalized spacial score (nSPS) is 11.5. The highest BCUT2D eigenvalue weighted by Crippen LogP contribution is 2.33. The molecule has 0 aliphatic rings. The standard InChI is InChI=1S/C14H9F4NO2/c1-7-4-8(6-19-12(7)13(20)21)10-5-9(14(16,17)18)2-3-11(10)15/h2-6H,1H3,(H,20,21). The molecule has 0 spiro atoms. The third-order valence-corrected chi connectivity index (χ3v) is 2.89. The van der Waals surface area contributed by atoms with E-state index in [9.17, 15) is 22.4 Å². The first-order valence-corrected chi connectivity index (χ1v) is 5.77. The average Bonchev–Trinajstić information content (AvgIpc) is 2.37. The van der Waals surface area contributed by atoms with Gasteiger partial charge in [-0.25, -0.2) is 14.2 Å². The summed E-state index contributed by atoms with van der Waals surface area (Å²) < 4.78 is 51.7. The molecule has 110 valence electrons. The first kappa shape index (κ1) is 15.0. The third-order valence-electron chi connectivity index (χ3n) is 2.89. The lowest BCUT2D eigenvalue weighted by atomic mass is 10.0. The van der Waals surface area contributed by atoms with Crippen LogP contribution in [0.15, 0.2) is 30.5 Å². The molecule has 0 unspecified atom stereocenters. The number of carboxylic acids is 1. The van der Waals surface area contributed by atoms with Gasteiger partial charge in [-0.2, -0.15) is 13.2 Å². The second-order valence-corrected chi connectivity index (χ2v) is 4.39. The lowest BCUT2D eigenvalue weighted by Gasteiger charge is -2.10. The summed E-state index contributed by atoms with van der Waals surface area (Å²) in [5.74, 6) is -2.10. The van der Waals surface area contributed by atoms with Gasteiger partial charge in [-0.05, 0) is 36.8 Å². The fourth-order valence-corrected chi connectivity index (χ4v) is 1.87. The number of pyridine rings is 1. The number of carboxylic acid groups (broad SMARTS) is 1. The summed E-state index contributed by atoms with van der Waals surface area (Å²) in [6.45, 7) is 1.44. The summed E-state index contributed by atoms with van der Waals surface area (Å²) in [7, 11) is 0. The molecule has 0 amide bonds. The second kappa shape index (κ2) is 5.16. The second-order valence-electron chi connectivity index (χ2n) is 4.39. The lowest BCUT2D eigenvalue weighted by Crippen LogP contribution is -2.06. The van der Waals surface area contributed by atoms with Gasteiger partial charge in [0.25, 0.3) is 0 Å². The Hall–Kier alpha value is -2.44. The fourth-order valence-electron chi connectivity index (χ4n) is 1.87. The number of hydrogen-bond donors (Lipinski definition) is 1. The molecule has 0 atom stereocenters. The summed E-state index contributed by atoms with van der Waals surface area (Å²) in [5, 5.41) is 8.85. The zero-order valence-corrected chi connectivity index (χ0v) is 10.7. The van der Waals surface area contributed by atoms with Crippen molar-refractivity contribution >= 4 is 5.97 Å². The summed E-state index contributed by atoms with van der Waals surface area (Å²) >= 11 is 0. The molecule has 2 aromatic rings. The number of aromatic nitrogens is 1. The van der Waals surface area contributed by atoms with E-state index in [0.29, 0.717) is 12.1 Å². The van der Waals surface area contributed by atoms with Gasteiger partial charge in [0.1, 0.15) is 5.82 Å². The predicted octanol–water partition coefficient (Wildman–Crippen LogP) is 3.91. The molecule has 0 radical (unpaired) electrons. The molecule has 0 aliphatic carbocycles. The van der Waals surface area contributed by atoms with Gasteiger partial charge in [-0.3, -0.25) is 0 Å². The van der Waals surface area contributed by atoms with Crippen LogP contribution >= 0.6 is 0 Å². The number of carbonyl (C=O) groups is 1. The molecule has 0 aliphatic heterocycles. The highest BCUT2D eigenvalue weighted by atomic mass is 19.4. The summed E-state index contributed by atoms with van der Waals surface area (Å²) in [6, 6.07) is 3.32. The van der Waals surface area contributed by atoms with Gasteiger partial charge < -0.3 is 5.11 Å². The first-order valence-electron chi connectivity index (χ1n) is 5.77. The van der Waals surface area contributed by atoms with Crippen molar-refractivity contribution in [1.29, 1.82) is 0 Å². The molecule has 7 heteroatoms. The molecule has 1 aromatic heterocycles. The fraction of sp³-hybridized carbons (Fsp3) is 0.143. The van der Waals surface area contributed by atoms with E-state index in [1.54, 1.807) is 0 Å². The van der Waals surface area contributed by atoms with Crippen LogP contribution in [0.3, 0.4) is 0 Å². The van der Waals surface area contributed by atoms with E-state index < -0.39 is 23.5 Å². The summed E-state index contributed by atoms with van der Waals surface area (Å²) in [5.41, 5.74) is -1.18. The van der Waals surface area contributed by atoms with E-state index in [4.69, 9.17) is 5.11 Å². The van der Waals surface area contributed by atoms with Crippen molar-refractivity contribution in [3.63, 3.8) is 0 Å². The molecule has 0 saturated carbocycles. The van der Waals surface area contributed by atoms with Gasteiger partial charge in [0.2, 0.25) is 0 Å². The number of alkyl halides is 3. The number of halogens is 4. The van der Waals surface area contributed by atoms with Crippen LogP contribution in [-0.2, 0) is 6.18 Å². The van der Waals surface area contributed by atoms with Gasteiger partial charge in [-0.15, -0.1) is 0 Å². The van der Waals surface area contributed by atoms with E-state index in [1.165, 1.54) is 13.0 Å². The van der Waals surface area contributed by atoms with Crippen LogP contribution in [0.4, 0.5) is 17.6 Å². The van der Waals surface area contributed by atoms with Gasteiger partial charge in [0, 0.05) is 17.3 Å². The van der Waals surface area contributed by atoms with E-state index >= 15 is 0 Å². The number of nitrogens with zero attached hydrogens (tertiary/aromatic N) is 1. The Balaban J connectivity index is 2.56. The van der Waals surface area contributed by atoms with E-state index in [0.717, 1.165) is 12.3 Å². The molecule has 0 bridgehead atoms. The van der Waals surface area contributed by atoms with Crippen LogP contribution in [-0.4, -0.2) is 16.1 Å². The van der Waals surface area contributed by atoms with Crippen molar-refractivity contribution in [3.05, 3.63) is 53.1 Å². The predicted molar refractivity (Wildman–Crippen MR) is 66.3 cm³/mol. The third kappa shape index (κ3) is 3.01. The Morgan fingerprint density at radius 3 is 2.43 bits per heavy atom. The number of benzene rings is 1. The Morgan fingerprint density at radius 2 is 1.90 bits per heavy atom. The molecule has 2 rings (SSSR count). The van der Waals surface area contributed by atoms with Crippen LogP contribution < -0.4 is 0 Å². The molecule has 1 aromatic carbocycles. The average molecular weight is 299 g/mol. The Morgan fingerprint density at radius 1 is 1.24 bits per heavy atom. The molecule has 3 nitrogen and oxygen atoms in total. The molecule has 1 N–H and O–H groups in total. The van der Waals surface area contributed by atoms with Crippen molar-refractivity contribution in [1.82, 2.24) is 4.98 Å². The van der Waals surface area contributed by atoms with Gasteiger partial charge >= 0.3 is 12.1 Å². The number of aryl methyl sites for hydroxylation is 1. The SMILES string of the molecule is Cc1cc(-c2cc(C(F)(F)F)ccc2F)cnc1C(=O)O. The van der Waals surface area contributed by atoms with E-state index in [2.05, 4.69) is 4.98 Å². The lowest BCUT2D eigenvalue weighted by molar-refractivity contribution is -0.137. The maximum Gasteiger partial charge on any atom is 0.416 e. The number of hydrogen-bond acceptors (Lipinski definition) is 2. The largest absolute Gasteiger partial charge is 0.477 e. The van der Waals surface area contributed by atoms with Crippen LogP contribution in [0.2, 0.25) is 0 Å². The van der Waals surface area contributed by atoms with Crippen molar-refractivity contribution in [2.75, 3.05) is 0 Å². The zero-order chi connectivity index (χ0) is 15.8. The minimum Gasteiger partial charge on any atom is -0.477 e. The van der Waals surface area contributed by atoms with E-state index in [-0.39, 0.29) is 22.4 Å².